The minimum atomic E-state index is -2.78. The van der Waals surface area contributed by atoms with Gasteiger partial charge in [-0.25, -0.2) is 17.6 Å². The Balaban J connectivity index is 1.48. The number of nitriles is 1. The summed E-state index contributed by atoms with van der Waals surface area (Å²) in [6.45, 7) is 8.82. The molecule has 14 heteroatoms. The molecule has 1 unspecified atom stereocenters. The van der Waals surface area contributed by atoms with Gasteiger partial charge >= 0.3 is 6.01 Å². The Morgan fingerprint density at radius 3 is 2.85 bits per heavy atom. The summed E-state index contributed by atoms with van der Waals surface area (Å²) in [5, 5.41) is 9.76. The van der Waals surface area contributed by atoms with Crippen molar-refractivity contribution in [2.45, 2.75) is 37.3 Å². The predicted molar refractivity (Wildman–Crippen MR) is 170 cm³/mol. The molecule has 2 atom stereocenters. The van der Waals surface area contributed by atoms with Crippen LogP contribution in [-0.2, 0) is 0 Å². The van der Waals surface area contributed by atoms with Gasteiger partial charge in [-0.15, -0.1) is 17.9 Å². The zero-order valence-electron chi connectivity index (χ0n) is 24.4. The largest absolute Gasteiger partial charge is 0.489 e. The lowest BCUT2D eigenvalue weighted by Crippen LogP contribution is -2.43. The molecule has 3 aliphatic heterocycles. The van der Waals surface area contributed by atoms with Crippen LogP contribution in [0.2, 0.25) is 5.02 Å². The SMILES string of the molecule is C=CC1COc2c(Cl)c(-c3ccc(F)c4sc(N)c(C#N)c34)c(F)c3nc(OC[C@@]45CCCN4CC(=C)C5)nc(c23)N1CC(F)F. The number of nitrogen functional groups attached to an aromatic ring is 1. The van der Waals surface area contributed by atoms with Crippen LogP contribution in [0, 0.1) is 23.0 Å². The van der Waals surface area contributed by atoms with Gasteiger partial charge in [0.15, 0.2) is 11.6 Å². The number of ether oxygens (including phenoxy) is 2. The van der Waals surface area contributed by atoms with E-state index in [0.29, 0.717) is 0 Å². The van der Waals surface area contributed by atoms with Gasteiger partial charge in [-0.1, -0.05) is 35.9 Å². The summed E-state index contributed by atoms with van der Waals surface area (Å²) in [5.74, 6) is -1.70. The van der Waals surface area contributed by atoms with Crippen molar-refractivity contribution in [2.75, 3.05) is 43.5 Å². The van der Waals surface area contributed by atoms with Crippen LogP contribution < -0.4 is 20.1 Å². The Morgan fingerprint density at radius 2 is 2.11 bits per heavy atom. The van der Waals surface area contributed by atoms with Crippen molar-refractivity contribution in [1.29, 1.82) is 5.26 Å². The molecule has 3 aliphatic rings. The van der Waals surface area contributed by atoms with E-state index in [1.54, 1.807) is 0 Å². The molecule has 5 heterocycles. The highest BCUT2D eigenvalue weighted by atomic mass is 35.5. The third-order valence-corrected chi connectivity index (χ3v) is 10.4. The van der Waals surface area contributed by atoms with Crippen molar-refractivity contribution >= 4 is 54.7 Å². The summed E-state index contributed by atoms with van der Waals surface area (Å²) in [7, 11) is 0. The lowest BCUT2D eigenvalue weighted by Gasteiger charge is -2.31. The van der Waals surface area contributed by atoms with Crippen molar-refractivity contribution in [1.82, 2.24) is 14.9 Å². The molecule has 0 saturated carbocycles. The first-order valence-electron chi connectivity index (χ1n) is 14.5. The van der Waals surface area contributed by atoms with Crippen LogP contribution >= 0.6 is 22.9 Å². The molecule has 2 N–H and O–H groups in total. The molecule has 2 aromatic heterocycles. The van der Waals surface area contributed by atoms with E-state index in [1.807, 2.05) is 6.07 Å². The summed E-state index contributed by atoms with van der Waals surface area (Å²) < 4.78 is 72.2. The number of nitrogens with two attached hydrogens (primary N) is 1. The molecular formula is C32H27ClF4N6O2S. The molecule has 0 amide bonds. The molecule has 0 bridgehead atoms. The number of aromatic nitrogens is 2. The number of fused-ring (bicyclic) bond motifs is 2. The van der Waals surface area contributed by atoms with Gasteiger partial charge in [0.25, 0.3) is 6.43 Å². The maximum atomic E-state index is 17.0. The zero-order valence-corrected chi connectivity index (χ0v) is 26.0. The molecule has 4 aromatic rings. The van der Waals surface area contributed by atoms with Gasteiger partial charge in [0.05, 0.1) is 38.8 Å². The van der Waals surface area contributed by atoms with E-state index in [9.17, 15) is 18.4 Å². The molecule has 7 rings (SSSR count). The van der Waals surface area contributed by atoms with Crippen LogP contribution in [0.4, 0.5) is 28.4 Å². The molecule has 2 aromatic carbocycles. The molecular weight excluding hydrogens is 644 g/mol. The molecule has 2 saturated heterocycles. The van der Waals surface area contributed by atoms with Crippen molar-refractivity contribution in [2.24, 2.45) is 0 Å². The Labute approximate surface area is 270 Å². The summed E-state index contributed by atoms with van der Waals surface area (Å²) in [6, 6.07) is 3.40. The van der Waals surface area contributed by atoms with Crippen LogP contribution in [0.5, 0.6) is 11.8 Å². The van der Waals surface area contributed by atoms with Gasteiger partial charge in [0.2, 0.25) is 0 Å². The minimum Gasteiger partial charge on any atom is -0.489 e. The number of halogens is 5. The van der Waals surface area contributed by atoms with Crippen LogP contribution in [0.15, 0.2) is 36.9 Å². The fourth-order valence-corrected chi connectivity index (χ4v) is 8.30. The number of anilines is 2. The average Bonchev–Trinajstić information content (AvgIpc) is 3.63. The van der Waals surface area contributed by atoms with E-state index < -0.39 is 30.6 Å². The van der Waals surface area contributed by atoms with E-state index in [1.165, 1.54) is 17.0 Å². The number of hydrogen-bond donors (Lipinski definition) is 1. The van der Waals surface area contributed by atoms with Gasteiger partial charge in [-0.05, 0) is 37.4 Å². The monoisotopic (exact) mass is 670 g/mol. The van der Waals surface area contributed by atoms with Crippen LogP contribution in [0.1, 0.15) is 24.8 Å². The van der Waals surface area contributed by atoms with E-state index in [2.05, 4.69) is 28.0 Å². The van der Waals surface area contributed by atoms with Gasteiger partial charge in [-0.2, -0.15) is 15.2 Å². The molecule has 0 aliphatic carbocycles. The maximum absolute atomic E-state index is 17.0. The highest BCUT2D eigenvalue weighted by Crippen LogP contribution is 2.51. The Morgan fingerprint density at radius 1 is 1.30 bits per heavy atom. The molecule has 238 valence electrons. The minimum absolute atomic E-state index is 0.0257. The van der Waals surface area contributed by atoms with Gasteiger partial charge < -0.3 is 20.1 Å². The summed E-state index contributed by atoms with van der Waals surface area (Å²) >= 11 is 7.75. The van der Waals surface area contributed by atoms with E-state index in [0.717, 1.165) is 55.3 Å². The second kappa shape index (κ2) is 11.3. The number of rotatable bonds is 7. The number of alkyl halides is 2. The van der Waals surface area contributed by atoms with Crippen LogP contribution in [0.3, 0.4) is 0 Å². The highest BCUT2D eigenvalue weighted by Gasteiger charge is 2.47. The zero-order chi connectivity index (χ0) is 32.5. The van der Waals surface area contributed by atoms with E-state index >= 15 is 4.39 Å². The number of benzene rings is 2. The first-order valence-corrected chi connectivity index (χ1v) is 15.7. The number of nitrogens with zero attached hydrogens (tertiary/aromatic N) is 5. The third kappa shape index (κ3) is 4.65. The first kappa shape index (κ1) is 30.5. The molecule has 0 spiro atoms. The maximum Gasteiger partial charge on any atom is 0.319 e. The molecule has 46 heavy (non-hydrogen) atoms. The molecule has 0 radical (unpaired) electrons. The first-order chi connectivity index (χ1) is 22.1. The lowest BCUT2D eigenvalue weighted by molar-refractivity contribution is 0.108. The smallest absolute Gasteiger partial charge is 0.319 e. The second-order valence-electron chi connectivity index (χ2n) is 11.8. The lowest BCUT2D eigenvalue weighted by atomic mass is 9.94. The van der Waals surface area contributed by atoms with Crippen molar-refractivity contribution < 1.29 is 27.0 Å². The predicted octanol–water partition coefficient (Wildman–Crippen LogP) is 7.09. The van der Waals surface area contributed by atoms with Crippen LogP contribution in [-0.4, -0.2) is 65.7 Å². The summed E-state index contributed by atoms with van der Waals surface area (Å²) in [4.78, 5) is 12.6. The van der Waals surface area contributed by atoms with Crippen LogP contribution in [0.25, 0.3) is 32.1 Å². The average molecular weight is 671 g/mol. The third-order valence-electron chi connectivity index (χ3n) is 9.02. The molecule has 8 nitrogen and oxygen atoms in total. The fraction of sp³-hybridized carbons (Fsp3) is 0.344. The summed E-state index contributed by atoms with van der Waals surface area (Å²) in [6.07, 6.45) is 1.21. The highest BCUT2D eigenvalue weighted by molar-refractivity contribution is 7.23. The standard InChI is InChI=1S/C32H27ClF4N6O2S/c1-3-16-13-44-27-23-26(25(37)22(24(27)33)17-5-6-19(34)28-21(17)18(10-38)29(39)46-28)40-31(41-30(23)43(16)12-20(35)36)45-14-32-7-4-8-42(32)11-15(2)9-32/h3,5-6,16,20H,1-2,4,7-9,11-14,39H2/t16?,32-/m0/s1. The topological polar surface area (TPSA) is 101 Å². The van der Waals surface area contributed by atoms with Gasteiger partial charge in [-0.3, -0.25) is 4.90 Å². The van der Waals surface area contributed by atoms with E-state index in [4.69, 9.17) is 26.8 Å². The Hall–Kier alpha value is -4.12. The quantitative estimate of drug-likeness (QED) is 0.164. The molecule has 2 fully saturated rings. The van der Waals surface area contributed by atoms with Gasteiger partial charge in [0.1, 0.15) is 41.4 Å². The van der Waals surface area contributed by atoms with Crippen molar-refractivity contribution in [3.05, 3.63) is 59.2 Å². The van der Waals surface area contributed by atoms with Gasteiger partial charge in [0, 0.05) is 17.5 Å². The van der Waals surface area contributed by atoms with E-state index in [-0.39, 0.29) is 84.0 Å². The Bertz CT molecular complexity index is 2000. The number of hydrogen-bond acceptors (Lipinski definition) is 9. The van der Waals surface area contributed by atoms with Crippen molar-refractivity contribution in [3.8, 4) is 29.0 Å². The van der Waals surface area contributed by atoms with Crippen molar-refractivity contribution in [3.63, 3.8) is 0 Å². The Kier molecular flexibility index (Phi) is 7.49. The summed E-state index contributed by atoms with van der Waals surface area (Å²) in [5.41, 5.74) is 6.35. The fourth-order valence-electron chi connectivity index (χ4n) is 7.02. The normalized spacial score (nSPS) is 21.1. The second-order valence-corrected chi connectivity index (χ2v) is 13.2. The number of thiophene rings is 1.